The molecule has 0 amide bonds. The minimum Gasteiger partial charge on any atom is -0.497 e. The maximum absolute atomic E-state index is 13.0. The molecule has 11 heteroatoms. The Morgan fingerprint density at radius 3 is 2.24 bits per heavy atom. The molecule has 0 unspecified atom stereocenters. The molecule has 0 saturated carbocycles. The Morgan fingerprint density at radius 1 is 0.919 bits per heavy atom. The fraction of sp³-hybridized carbons (Fsp3) is 0.154. The van der Waals surface area contributed by atoms with Gasteiger partial charge in [-0.3, -0.25) is 10.2 Å². The van der Waals surface area contributed by atoms with Gasteiger partial charge in [0.1, 0.15) is 11.5 Å². The number of hydrazone groups is 1. The van der Waals surface area contributed by atoms with Crippen molar-refractivity contribution in [2.24, 2.45) is 5.10 Å². The van der Waals surface area contributed by atoms with Crippen LogP contribution in [0.15, 0.2) is 70.6 Å². The monoisotopic (exact) mass is 521 g/mol. The van der Waals surface area contributed by atoms with Crippen molar-refractivity contribution >= 4 is 23.0 Å². The van der Waals surface area contributed by atoms with Crippen LogP contribution in [0.5, 0.6) is 23.0 Å². The van der Waals surface area contributed by atoms with Gasteiger partial charge in [-0.1, -0.05) is 17.7 Å². The van der Waals surface area contributed by atoms with Crippen molar-refractivity contribution < 1.29 is 18.9 Å². The molecule has 0 aliphatic carbocycles. The zero-order valence-electron chi connectivity index (χ0n) is 20.5. The first-order valence-corrected chi connectivity index (χ1v) is 11.4. The third kappa shape index (κ3) is 5.65. The first-order valence-electron chi connectivity index (χ1n) is 11.0. The quantitative estimate of drug-likeness (QED) is 0.246. The highest BCUT2D eigenvalue weighted by molar-refractivity contribution is 6.30. The highest BCUT2D eigenvalue weighted by atomic mass is 35.5. The lowest BCUT2D eigenvalue weighted by molar-refractivity contribution is 0.324. The summed E-state index contributed by atoms with van der Waals surface area (Å²) >= 11 is 6.02. The van der Waals surface area contributed by atoms with Gasteiger partial charge in [-0.05, 0) is 48.5 Å². The second-order valence-electron chi connectivity index (χ2n) is 7.56. The van der Waals surface area contributed by atoms with Crippen LogP contribution in [0.3, 0.4) is 0 Å². The molecule has 0 aliphatic heterocycles. The Labute approximate surface area is 217 Å². The summed E-state index contributed by atoms with van der Waals surface area (Å²) in [6.45, 7) is 0. The lowest BCUT2D eigenvalue weighted by Gasteiger charge is -2.15. The number of nitrogens with zero attached hydrogens (tertiary/aromatic N) is 3. The van der Waals surface area contributed by atoms with E-state index < -0.39 is 5.56 Å². The van der Waals surface area contributed by atoms with E-state index in [1.807, 2.05) is 18.2 Å². The number of hydrogen-bond donors (Lipinski definition) is 2. The van der Waals surface area contributed by atoms with Crippen molar-refractivity contribution in [3.05, 3.63) is 87.3 Å². The normalized spacial score (nSPS) is 11.1. The SMILES string of the molecule is COc1cccc(N/N=C(\c2cc(OC)c(OC)c(OC)c2)c2nc(-c3ccc(Cl)cc3)n[nH]c2=O)c1. The van der Waals surface area contributed by atoms with Gasteiger partial charge in [0.15, 0.2) is 23.0 Å². The first-order chi connectivity index (χ1) is 18.0. The Balaban J connectivity index is 1.90. The second kappa shape index (κ2) is 11.4. The third-order valence-electron chi connectivity index (χ3n) is 5.33. The average Bonchev–Trinajstić information content (AvgIpc) is 2.93. The van der Waals surface area contributed by atoms with Gasteiger partial charge in [-0.15, -0.1) is 0 Å². The summed E-state index contributed by atoms with van der Waals surface area (Å²) in [6, 6.07) is 17.5. The van der Waals surface area contributed by atoms with Crippen LogP contribution in [0.25, 0.3) is 11.4 Å². The number of rotatable bonds is 9. The first kappa shape index (κ1) is 25.5. The summed E-state index contributed by atoms with van der Waals surface area (Å²) in [4.78, 5) is 17.5. The molecule has 3 aromatic carbocycles. The van der Waals surface area contributed by atoms with Crippen LogP contribution in [0.2, 0.25) is 5.02 Å². The van der Waals surface area contributed by atoms with Crippen LogP contribution in [0, 0.1) is 0 Å². The van der Waals surface area contributed by atoms with Crippen LogP contribution in [0.4, 0.5) is 5.69 Å². The number of hydrogen-bond acceptors (Lipinski definition) is 9. The van der Waals surface area contributed by atoms with Crippen molar-refractivity contribution in [1.82, 2.24) is 15.2 Å². The van der Waals surface area contributed by atoms with Crippen molar-refractivity contribution in [1.29, 1.82) is 0 Å². The zero-order valence-corrected chi connectivity index (χ0v) is 21.3. The Kier molecular flexibility index (Phi) is 7.89. The van der Waals surface area contributed by atoms with Crippen molar-refractivity contribution in [3.63, 3.8) is 0 Å². The number of anilines is 1. The summed E-state index contributed by atoms with van der Waals surface area (Å²) in [7, 11) is 6.08. The van der Waals surface area contributed by atoms with Gasteiger partial charge in [-0.25, -0.2) is 10.1 Å². The number of halogens is 1. The number of methoxy groups -OCH3 is 4. The molecule has 37 heavy (non-hydrogen) atoms. The van der Waals surface area contributed by atoms with Crippen LogP contribution in [0.1, 0.15) is 11.3 Å². The second-order valence-corrected chi connectivity index (χ2v) is 8.00. The number of benzene rings is 3. The molecule has 2 N–H and O–H groups in total. The van der Waals surface area contributed by atoms with Gasteiger partial charge < -0.3 is 18.9 Å². The molecule has 0 spiro atoms. The van der Waals surface area contributed by atoms with Gasteiger partial charge in [0, 0.05) is 22.2 Å². The van der Waals surface area contributed by atoms with E-state index in [0.29, 0.717) is 44.8 Å². The number of aromatic amines is 1. The maximum Gasteiger partial charge on any atom is 0.292 e. The summed E-state index contributed by atoms with van der Waals surface area (Å²) < 4.78 is 21.7. The minimum atomic E-state index is -0.544. The summed E-state index contributed by atoms with van der Waals surface area (Å²) in [5.74, 6) is 2.09. The van der Waals surface area contributed by atoms with E-state index in [0.717, 1.165) is 0 Å². The molecule has 0 bridgehead atoms. The molecular formula is C26H24ClN5O5. The molecule has 0 fully saturated rings. The number of aromatic nitrogens is 3. The van der Waals surface area contributed by atoms with Crippen LogP contribution in [-0.2, 0) is 0 Å². The molecule has 0 aliphatic rings. The summed E-state index contributed by atoms with van der Waals surface area (Å²) in [6.07, 6.45) is 0. The maximum atomic E-state index is 13.0. The van der Waals surface area contributed by atoms with Crippen LogP contribution < -0.4 is 29.9 Å². The zero-order chi connectivity index (χ0) is 26.4. The Hall–Kier alpha value is -4.57. The predicted molar refractivity (Wildman–Crippen MR) is 141 cm³/mol. The van der Waals surface area contributed by atoms with E-state index in [1.165, 1.54) is 21.3 Å². The van der Waals surface area contributed by atoms with E-state index in [9.17, 15) is 4.79 Å². The third-order valence-corrected chi connectivity index (χ3v) is 5.58. The van der Waals surface area contributed by atoms with Gasteiger partial charge in [0.2, 0.25) is 5.75 Å². The van der Waals surface area contributed by atoms with Crippen molar-refractivity contribution in [3.8, 4) is 34.4 Å². The summed E-state index contributed by atoms with van der Waals surface area (Å²) in [5, 5.41) is 11.7. The van der Waals surface area contributed by atoms with Crippen molar-refractivity contribution in [2.45, 2.75) is 0 Å². The predicted octanol–water partition coefficient (Wildman–Crippen LogP) is 4.38. The highest BCUT2D eigenvalue weighted by Crippen LogP contribution is 2.38. The molecular weight excluding hydrogens is 498 g/mol. The molecule has 0 atom stereocenters. The van der Waals surface area contributed by atoms with Crippen LogP contribution >= 0.6 is 11.6 Å². The van der Waals surface area contributed by atoms with Crippen molar-refractivity contribution in [2.75, 3.05) is 33.9 Å². The lowest BCUT2D eigenvalue weighted by Crippen LogP contribution is -2.24. The molecule has 0 radical (unpaired) electrons. The van der Waals surface area contributed by atoms with Gasteiger partial charge in [-0.2, -0.15) is 10.2 Å². The van der Waals surface area contributed by atoms with E-state index >= 15 is 0 Å². The van der Waals surface area contributed by atoms with E-state index in [2.05, 4.69) is 25.7 Å². The standard InChI is InChI=1S/C26H24ClN5O5/c1-34-19-7-5-6-18(14-19)29-30-22(16-12-20(35-2)24(37-4)21(13-16)36-3)23-26(33)32-31-25(28-23)15-8-10-17(27)11-9-15/h5-14,29H,1-4H3,(H,32,33)/b30-22+. The fourth-order valence-electron chi connectivity index (χ4n) is 3.51. The van der Waals surface area contributed by atoms with Gasteiger partial charge >= 0.3 is 0 Å². The fourth-order valence-corrected chi connectivity index (χ4v) is 3.64. The number of H-pyrrole nitrogens is 1. The van der Waals surface area contributed by atoms with Crippen LogP contribution in [-0.4, -0.2) is 49.3 Å². The minimum absolute atomic E-state index is 0.0182. The average molecular weight is 522 g/mol. The Bertz CT molecular complexity index is 1460. The number of ether oxygens (including phenoxy) is 4. The van der Waals surface area contributed by atoms with Gasteiger partial charge in [0.25, 0.3) is 5.56 Å². The van der Waals surface area contributed by atoms with E-state index in [1.54, 1.807) is 49.6 Å². The smallest absolute Gasteiger partial charge is 0.292 e. The molecule has 0 saturated heterocycles. The summed E-state index contributed by atoms with van der Waals surface area (Å²) in [5.41, 5.74) is 4.44. The molecule has 4 aromatic rings. The molecule has 1 heterocycles. The largest absolute Gasteiger partial charge is 0.497 e. The Morgan fingerprint density at radius 2 is 1.62 bits per heavy atom. The van der Waals surface area contributed by atoms with E-state index in [4.69, 9.17) is 30.5 Å². The number of nitrogens with one attached hydrogen (secondary N) is 2. The highest BCUT2D eigenvalue weighted by Gasteiger charge is 2.21. The molecule has 4 rings (SSSR count). The molecule has 1 aromatic heterocycles. The van der Waals surface area contributed by atoms with E-state index in [-0.39, 0.29) is 17.2 Å². The molecule has 10 nitrogen and oxygen atoms in total. The van der Waals surface area contributed by atoms with Gasteiger partial charge in [0.05, 0.1) is 34.1 Å². The molecule has 190 valence electrons. The topological polar surface area (TPSA) is 120 Å². The lowest BCUT2D eigenvalue weighted by atomic mass is 10.1.